The number of likely N-dealkylation sites (N-methyl/N-ethyl adjacent to an activating group) is 1. The minimum atomic E-state index is 0.505. The molecule has 0 saturated heterocycles. The van der Waals surface area contributed by atoms with Gasteiger partial charge in [0.05, 0.1) is 6.54 Å². The Morgan fingerprint density at radius 2 is 1.52 bits per heavy atom. The second-order valence-corrected chi connectivity index (χ2v) is 7.07. The Kier molecular flexibility index (Phi) is 7.53. The molecule has 0 aliphatic rings. The molecule has 0 amide bonds. The molecule has 0 bridgehead atoms. The maximum absolute atomic E-state index is 4.36. The molecule has 0 aliphatic heterocycles. The lowest BCUT2D eigenvalue weighted by Crippen LogP contribution is -2.42. The highest BCUT2D eigenvalue weighted by Gasteiger charge is 2.09. The van der Waals surface area contributed by atoms with E-state index in [0.717, 1.165) is 18.8 Å². The number of thiol groups is 1. The summed E-state index contributed by atoms with van der Waals surface area (Å²) in [5, 5.41) is 0. The summed E-state index contributed by atoms with van der Waals surface area (Å²) in [5.74, 6) is 0.889. The van der Waals surface area contributed by atoms with Crippen LogP contribution in [0.3, 0.4) is 0 Å². The number of rotatable bonds is 8. The Morgan fingerprint density at radius 1 is 0.960 bits per heavy atom. The van der Waals surface area contributed by atoms with Gasteiger partial charge in [0.2, 0.25) is 0 Å². The third-order valence-corrected chi connectivity index (χ3v) is 5.05. The molecular formula is C21H30N3S+. The van der Waals surface area contributed by atoms with Crippen LogP contribution in [0.5, 0.6) is 0 Å². The molecule has 1 aromatic heterocycles. The van der Waals surface area contributed by atoms with Crippen LogP contribution >= 0.6 is 12.6 Å². The molecule has 1 atom stereocenters. The summed E-state index contributed by atoms with van der Waals surface area (Å²) in [6.45, 7) is 4.22. The van der Waals surface area contributed by atoms with Gasteiger partial charge in [-0.2, -0.15) is 12.6 Å². The standard InChI is InChI=1S/C21H29N3S/c1-18(17-25)23(4)15-16-24-13-11-20(12-14-24)6-5-19-7-9-21(10-8-19)22(2)3/h5-14,18H,15-17H2,1-4H3/p+1. The first-order valence-corrected chi connectivity index (χ1v) is 9.38. The van der Waals surface area contributed by atoms with Gasteiger partial charge in [0.25, 0.3) is 0 Å². The third kappa shape index (κ3) is 6.22. The molecule has 25 heavy (non-hydrogen) atoms. The van der Waals surface area contributed by atoms with Crippen LogP contribution in [0.15, 0.2) is 48.8 Å². The van der Waals surface area contributed by atoms with Crippen LogP contribution in [-0.2, 0) is 6.54 Å². The molecule has 0 radical (unpaired) electrons. The van der Waals surface area contributed by atoms with Crippen LogP contribution < -0.4 is 9.47 Å². The summed E-state index contributed by atoms with van der Waals surface area (Å²) in [6.07, 6.45) is 8.60. The van der Waals surface area contributed by atoms with Gasteiger partial charge in [0.15, 0.2) is 18.9 Å². The number of hydrogen-bond donors (Lipinski definition) is 1. The minimum absolute atomic E-state index is 0.505. The number of pyridine rings is 1. The second kappa shape index (κ2) is 9.64. The maximum Gasteiger partial charge on any atom is 0.169 e. The molecule has 1 heterocycles. The van der Waals surface area contributed by atoms with E-state index in [1.54, 1.807) is 0 Å². The molecule has 4 heteroatoms. The molecule has 0 spiro atoms. The fourth-order valence-electron chi connectivity index (χ4n) is 2.44. The lowest BCUT2D eigenvalue weighted by molar-refractivity contribution is -0.696. The van der Waals surface area contributed by atoms with Crippen molar-refractivity contribution in [2.45, 2.75) is 19.5 Å². The summed E-state index contributed by atoms with van der Waals surface area (Å²) in [5.41, 5.74) is 3.64. The molecule has 0 N–H and O–H groups in total. The first kappa shape index (κ1) is 19.5. The third-order valence-electron chi connectivity index (χ3n) is 4.52. The van der Waals surface area contributed by atoms with Gasteiger partial charge in [-0.05, 0) is 37.2 Å². The zero-order valence-electron chi connectivity index (χ0n) is 15.8. The van der Waals surface area contributed by atoms with Crippen molar-refractivity contribution < 1.29 is 4.57 Å². The van der Waals surface area contributed by atoms with Crippen molar-refractivity contribution >= 4 is 30.5 Å². The average molecular weight is 357 g/mol. The van der Waals surface area contributed by atoms with E-state index >= 15 is 0 Å². The van der Waals surface area contributed by atoms with Crippen molar-refractivity contribution in [3.05, 3.63) is 59.9 Å². The van der Waals surface area contributed by atoms with Crippen LogP contribution in [0.4, 0.5) is 5.69 Å². The number of aromatic nitrogens is 1. The van der Waals surface area contributed by atoms with Crippen LogP contribution in [0.2, 0.25) is 0 Å². The number of hydrogen-bond acceptors (Lipinski definition) is 3. The van der Waals surface area contributed by atoms with Gasteiger partial charge < -0.3 is 4.90 Å². The number of nitrogens with zero attached hydrogens (tertiary/aromatic N) is 3. The van der Waals surface area contributed by atoms with E-state index in [4.69, 9.17) is 0 Å². The molecule has 2 rings (SSSR count). The van der Waals surface area contributed by atoms with Gasteiger partial charge in [-0.25, -0.2) is 4.57 Å². The fourth-order valence-corrected chi connectivity index (χ4v) is 2.72. The summed E-state index contributed by atoms with van der Waals surface area (Å²) in [6, 6.07) is 13.4. The second-order valence-electron chi connectivity index (χ2n) is 6.70. The Balaban J connectivity index is 1.91. The fraction of sp³-hybridized carbons (Fsp3) is 0.381. The van der Waals surface area contributed by atoms with Crippen molar-refractivity contribution in [1.29, 1.82) is 0 Å². The molecule has 0 aliphatic carbocycles. The quantitative estimate of drug-likeness (QED) is 0.573. The highest BCUT2D eigenvalue weighted by molar-refractivity contribution is 7.80. The van der Waals surface area contributed by atoms with Gasteiger partial charge in [0.1, 0.15) is 0 Å². The smallest absolute Gasteiger partial charge is 0.169 e. The van der Waals surface area contributed by atoms with Gasteiger partial charge in [0, 0.05) is 43.7 Å². The number of benzene rings is 1. The van der Waals surface area contributed by atoms with Crippen molar-refractivity contribution in [3.8, 4) is 0 Å². The Labute approximate surface area is 158 Å². The summed E-state index contributed by atoms with van der Waals surface area (Å²) >= 11 is 4.36. The zero-order chi connectivity index (χ0) is 18.2. The first-order valence-electron chi connectivity index (χ1n) is 8.75. The van der Waals surface area contributed by atoms with Gasteiger partial charge >= 0.3 is 0 Å². The van der Waals surface area contributed by atoms with Gasteiger partial charge in [-0.1, -0.05) is 24.3 Å². The highest BCUT2D eigenvalue weighted by atomic mass is 32.1. The van der Waals surface area contributed by atoms with E-state index in [1.807, 2.05) is 0 Å². The lowest BCUT2D eigenvalue weighted by atomic mass is 10.1. The largest absolute Gasteiger partial charge is 0.378 e. The molecule has 0 fully saturated rings. The van der Waals surface area contributed by atoms with E-state index < -0.39 is 0 Å². The van der Waals surface area contributed by atoms with Crippen molar-refractivity contribution in [3.63, 3.8) is 0 Å². The SMILES string of the molecule is CC(CS)N(C)CC[n+]1ccc(C=Cc2ccc(N(C)C)cc2)cc1. The summed E-state index contributed by atoms with van der Waals surface area (Å²) in [4.78, 5) is 4.45. The monoisotopic (exact) mass is 356 g/mol. The number of anilines is 1. The molecule has 1 aromatic carbocycles. The Bertz CT molecular complexity index is 663. The van der Waals surface area contributed by atoms with Crippen molar-refractivity contribution in [2.75, 3.05) is 38.3 Å². The topological polar surface area (TPSA) is 10.4 Å². The van der Waals surface area contributed by atoms with E-state index in [0.29, 0.717) is 6.04 Å². The Hall–Kier alpha value is -1.78. The molecule has 0 saturated carbocycles. The summed E-state index contributed by atoms with van der Waals surface area (Å²) < 4.78 is 2.23. The predicted molar refractivity (Wildman–Crippen MR) is 112 cm³/mol. The zero-order valence-corrected chi connectivity index (χ0v) is 16.7. The minimum Gasteiger partial charge on any atom is -0.378 e. The van der Waals surface area contributed by atoms with Gasteiger partial charge in [-0.3, -0.25) is 4.90 Å². The van der Waals surface area contributed by atoms with E-state index in [-0.39, 0.29) is 0 Å². The Morgan fingerprint density at radius 3 is 2.04 bits per heavy atom. The molecule has 3 nitrogen and oxygen atoms in total. The van der Waals surface area contributed by atoms with E-state index in [2.05, 4.69) is 116 Å². The van der Waals surface area contributed by atoms with Crippen LogP contribution in [0.1, 0.15) is 18.1 Å². The van der Waals surface area contributed by atoms with Crippen molar-refractivity contribution in [1.82, 2.24) is 4.90 Å². The lowest BCUT2D eigenvalue weighted by Gasteiger charge is -2.21. The average Bonchev–Trinajstić information content (AvgIpc) is 2.64. The summed E-state index contributed by atoms with van der Waals surface area (Å²) in [7, 11) is 6.27. The van der Waals surface area contributed by atoms with Crippen LogP contribution in [-0.4, -0.2) is 44.4 Å². The molecule has 134 valence electrons. The molecule has 2 aromatic rings. The predicted octanol–water partition coefficient (Wildman–Crippen LogP) is 3.46. The van der Waals surface area contributed by atoms with Gasteiger partial charge in [-0.15, -0.1) is 0 Å². The first-order chi connectivity index (χ1) is 12.0. The van der Waals surface area contributed by atoms with E-state index in [1.165, 1.54) is 16.8 Å². The highest BCUT2D eigenvalue weighted by Crippen LogP contribution is 2.14. The normalized spacial score (nSPS) is 12.7. The molecular weight excluding hydrogens is 326 g/mol. The van der Waals surface area contributed by atoms with Crippen LogP contribution in [0.25, 0.3) is 12.2 Å². The van der Waals surface area contributed by atoms with Crippen LogP contribution in [0, 0.1) is 0 Å². The maximum atomic E-state index is 4.36. The van der Waals surface area contributed by atoms with Crippen molar-refractivity contribution in [2.24, 2.45) is 0 Å². The molecule has 1 unspecified atom stereocenters. The van der Waals surface area contributed by atoms with E-state index in [9.17, 15) is 0 Å².